The van der Waals surface area contributed by atoms with Gasteiger partial charge in [-0.15, -0.1) is 0 Å². The van der Waals surface area contributed by atoms with Crippen LogP contribution in [-0.2, 0) is 0 Å². The van der Waals surface area contributed by atoms with Gasteiger partial charge in [0.25, 0.3) is 0 Å². The highest BCUT2D eigenvalue weighted by Gasteiger charge is 2.37. The number of nitrogens with two attached hydrogens (primary N) is 1. The Hall–Kier alpha value is -1.70. The van der Waals surface area contributed by atoms with Crippen molar-refractivity contribution in [1.29, 1.82) is 0 Å². The van der Waals surface area contributed by atoms with Crippen LogP contribution in [0.2, 0.25) is 0 Å². The molecule has 0 amide bonds. The molecule has 2 aromatic rings. The molecule has 1 aliphatic carbocycles. The molecule has 4 nitrogen and oxygen atoms in total. The highest BCUT2D eigenvalue weighted by atomic mass is 19.3. The van der Waals surface area contributed by atoms with Gasteiger partial charge in [0.2, 0.25) is 12.3 Å². The molecule has 3 rings (SSSR count). The molecule has 0 aromatic carbocycles. The SMILES string of the molecule is C[C@@H](CC(F)F)c1cnn2cc([C@@H](N)C3CCC(F)(F)CC3)nc2c1. The van der Waals surface area contributed by atoms with Crippen LogP contribution in [0.25, 0.3) is 5.65 Å². The van der Waals surface area contributed by atoms with Crippen LogP contribution in [0.1, 0.15) is 62.2 Å². The Morgan fingerprint density at radius 1 is 1.32 bits per heavy atom. The Bertz CT molecular complexity index is 721. The molecule has 2 N–H and O–H groups in total. The molecular weight excluding hydrogens is 336 g/mol. The molecule has 1 saturated carbocycles. The van der Waals surface area contributed by atoms with Crippen LogP contribution >= 0.6 is 0 Å². The van der Waals surface area contributed by atoms with Crippen molar-refractivity contribution in [3.05, 3.63) is 29.7 Å². The Morgan fingerprint density at radius 3 is 2.64 bits per heavy atom. The molecule has 1 fully saturated rings. The Balaban J connectivity index is 1.77. The number of halogens is 4. The predicted molar refractivity (Wildman–Crippen MR) is 85.9 cm³/mol. The van der Waals surface area contributed by atoms with E-state index < -0.39 is 18.4 Å². The fourth-order valence-corrected chi connectivity index (χ4v) is 3.41. The van der Waals surface area contributed by atoms with E-state index in [9.17, 15) is 17.6 Å². The summed E-state index contributed by atoms with van der Waals surface area (Å²) in [6.07, 6.45) is 1.07. The topological polar surface area (TPSA) is 56.2 Å². The number of hydrogen-bond donors (Lipinski definition) is 1. The van der Waals surface area contributed by atoms with Gasteiger partial charge in [0.1, 0.15) is 0 Å². The van der Waals surface area contributed by atoms with E-state index in [0.29, 0.717) is 29.7 Å². The molecule has 0 aliphatic heterocycles. The van der Waals surface area contributed by atoms with Gasteiger partial charge in [0.05, 0.1) is 24.1 Å². The van der Waals surface area contributed by atoms with Gasteiger partial charge in [0, 0.05) is 19.3 Å². The summed E-state index contributed by atoms with van der Waals surface area (Å²) >= 11 is 0. The number of rotatable bonds is 5. The van der Waals surface area contributed by atoms with Gasteiger partial charge >= 0.3 is 0 Å². The summed E-state index contributed by atoms with van der Waals surface area (Å²) in [5.41, 5.74) is 8.06. The van der Waals surface area contributed by atoms with Crippen molar-refractivity contribution in [2.24, 2.45) is 11.7 Å². The lowest BCUT2D eigenvalue weighted by molar-refractivity contribution is -0.0484. The molecular formula is C17H22F4N4. The summed E-state index contributed by atoms with van der Waals surface area (Å²) in [4.78, 5) is 4.45. The lowest BCUT2D eigenvalue weighted by Crippen LogP contribution is -2.31. The van der Waals surface area contributed by atoms with E-state index in [-0.39, 0.29) is 31.1 Å². The van der Waals surface area contributed by atoms with Crippen molar-refractivity contribution in [2.45, 2.75) is 63.3 Å². The standard InChI is InChI=1S/C17H22F4N4/c1-10(6-14(18)19)12-7-15-24-13(9-25(15)23-8-12)16(22)11-2-4-17(20,21)5-3-11/h7-11,14,16H,2-6,22H2,1H3/t10-,16-/m0/s1. The Morgan fingerprint density at radius 2 is 2.00 bits per heavy atom. The van der Waals surface area contributed by atoms with E-state index in [1.165, 1.54) is 0 Å². The van der Waals surface area contributed by atoms with Gasteiger partial charge in [-0.3, -0.25) is 0 Å². The fraction of sp³-hybridized carbons (Fsp3) is 0.647. The third-order valence-electron chi connectivity index (χ3n) is 5.07. The summed E-state index contributed by atoms with van der Waals surface area (Å²) in [5.74, 6) is -2.96. The second kappa shape index (κ2) is 6.90. The van der Waals surface area contributed by atoms with Gasteiger partial charge in [-0.1, -0.05) is 6.92 Å². The van der Waals surface area contributed by atoms with Crippen molar-refractivity contribution < 1.29 is 17.6 Å². The molecule has 1 aliphatic rings. The number of nitrogens with zero attached hydrogens (tertiary/aromatic N) is 3. The zero-order chi connectivity index (χ0) is 18.2. The first-order valence-electron chi connectivity index (χ1n) is 8.52. The summed E-state index contributed by atoms with van der Waals surface area (Å²) in [7, 11) is 0. The van der Waals surface area contributed by atoms with E-state index in [1.54, 1.807) is 29.9 Å². The van der Waals surface area contributed by atoms with E-state index in [4.69, 9.17) is 5.73 Å². The zero-order valence-corrected chi connectivity index (χ0v) is 14.0. The molecule has 2 heterocycles. The van der Waals surface area contributed by atoms with Crippen molar-refractivity contribution in [3.63, 3.8) is 0 Å². The number of fused-ring (bicyclic) bond motifs is 1. The lowest BCUT2D eigenvalue weighted by Gasteiger charge is -2.31. The molecule has 0 bridgehead atoms. The average Bonchev–Trinajstić information content (AvgIpc) is 2.96. The number of alkyl halides is 4. The highest BCUT2D eigenvalue weighted by molar-refractivity contribution is 5.42. The molecule has 0 spiro atoms. The van der Waals surface area contributed by atoms with Crippen LogP contribution in [0.4, 0.5) is 17.6 Å². The van der Waals surface area contributed by atoms with Crippen LogP contribution in [0.15, 0.2) is 18.5 Å². The van der Waals surface area contributed by atoms with Crippen molar-refractivity contribution in [3.8, 4) is 0 Å². The first kappa shape index (κ1) is 18.1. The fourth-order valence-electron chi connectivity index (χ4n) is 3.41. The largest absolute Gasteiger partial charge is 0.322 e. The second-order valence-electron chi connectivity index (χ2n) is 7.00. The summed E-state index contributed by atoms with van der Waals surface area (Å²) in [6.45, 7) is 1.72. The summed E-state index contributed by atoms with van der Waals surface area (Å²) in [5, 5.41) is 4.21. The van der Waals surface area contributed by atoms with Crippen molar-refractivity contribution in [1.82, 2.24) is 14.6 Å². The van der Waals surface area contributed by atoms with Gasteiger partial charge < -0.3 is 5.73 Å². The number of hydrogen-bond acceptors (Lipinski definition) is 3. The molecule has 2 aromatic heterocycles. The molecule has 0 saturated heterocycles. The van der Waals surface area contributed by atoms with Crippen LogP contribution < -0.4 is 5.73 Å². The van der Waals surface area contributed by atoms with E-state index in [1.807, 2.05) is 0 Å². The van der Waals surface area contributed by atoms with E-state index in [2.05, 4.69) is 10.1 Å². The second-order valence-corrected chi connectivity index (χ2v) is 7.00. The molecule has 8 heteroatoms. The molecule has 0 radical (unpaired) electrons. The number of aromatic nitrogens is 3. The van der Waals surface area contributed by atoms with Crippen LogP contribution in [0.5, 0.6) is 0 Å². The molecule has 138 valence electrons. The average molecular weight is 358 g/mol. The van der Waals surface area contributed by atoms with Gasteiger partial charge in [-0.05, 0) is 36.3 Å². The lowest BCUT2D eigenvalue weighted by atomic mass is 9.81. The summed E-state index contributed by atoms with van der Waals surface area (Å²) in [6, 6.07) is 1.30. The third-order valence-corrected chi connectivity index (χ3v) is 5.07. The van der Waals surface area contributed by atoms with Crippen LogP contribution in [0, 0.1) is 5.92 Å². The Labute approximate surface area is 143 Å². The zero-order valence-electron chi connectivity index (χ0n) is 14.0. The van der Waals surface area contributed by atoms with Crippen LogP contribution in [-0.4, -0.2) is 26.9 Å². The maximum absolute atomic E-state index is 13.3. The third kappa shape index (κ3) is 4.11. The van der Waals surface area contributed by atoms with Crippen molar-refractivity contribution >= 4 is 5.65 Å². The molecule has 25 heavy (non-hydrogen) atoms. The van der Waals surface area contributed by atoms with Gasteiger partial charge in [0.15, 0.2) is 5.65 Å². The van der Waals surface area contributed by atoms with Gasteiger partial charge in [-0.2, -0.15) is 5.10 Å². The predicted octanol–water partition coefficient (Wildman–Crippen LogP) is 4.31. The smallest absolute Gasteiger partial charge is 0.248 e. The minimum absolute atomic E-state index is 0.0400. The first-order chi connectivity index (χ1) is 11.7. The van der Waals surface area contributed by atoms with Gasteiger partial charge in [-0.25, -0.2) is 27.1 Å². The Kier molecular flexibility index (Phi) is 4.99. The molecule has 0 unspecified atom stereocenters. The van der Waals surface area contributed by atoms with Crippen molar-refractivity contribution in [2.75, 3.05) is 0 Å². The molecule has 2 atom stereocenters. The van der Waals surface area contributed by atoms with E-state index in [0.717, 1.165) is 0 Å². The quantitative estimate of drug-likeness (QED) is 0.810. The highest BCUT2D eigenvalue weighted by Crippen LogP contribution is 2.40. The normalized spacial score (nSPS) is 20.9. The number of imidazole rings is 1. The maximum Gasteiger partial charge on any atom is 0.248 e. The minimum Gasteiger partial charge on any atom is -0.322 e. The summed E-state index contributed by atoms with van der Waals surface area (Å²) < 4.78 is 53.2. The first-order valence-corrected chi connectivity index (χ1v) is 8.52. The monoisotopic (exact) mass is 358 g/mol. The van der Waals surface area contributed by atoms with E-state index >= 15 is 0 Å². The van der Waals surface area contributed by atoms with Crippen LogP contribution in [0.3, 0.4) is 0 Å². The maximum atomic E-state index is 13.3. The minimum atomic E-state index is -2.59.